The van der Waals surface area contributed by atoms with Gasteiger partial charge in [-0.05, 0) is 38.5 Å². The Bertz CT molecular complexity index is 841. The minimum Gasteiger partial charge on any atom is -0.457 e. The van der Waals surface area contributed by atoms with Crippen LogP contribution < -0.4 is 0 Å². The summed E-state index contributed by atoms with van der Waals surface area (Å²) in [5, 5.41) is 10.1. The molecule has 2 rings (SSSR count). The fourth-order valence-electron chi connectivity index (χ4n) is 1.84. The molecule has 0 radical (unpaired) electrons. The van der Waals surface area contributed by atoms with Crippen molar-refractivity contribution in [2.75, 3.05) is 6.54 Å². The van der Waals surface area contributed by atoms with Crippen molar-refractivity contribution in [3.63, 3.8) is 0 Å². The highest BCUT2D eigenvalue weighted by Crippen LogP contribution is 2.10. The quantitative estimate of drug-likeness (QED) is 0.230. The smallest absolute Gasteiger partial charge is 0.330 e. The molecule has 0 aliphatic carbocycles. The summed E-state index contributed by atoms with van der Waals surface area (Å²) in [6, 6.07) is 14.4. The van der Waals surface area contributed by atoms with Crippen molar-refractivity contribution < 1.29 is 19.2 Å². The van der Waals surface area contributed by atoms with E-state index >= 15 is 0 Å². The molecule has 1 aromatic carbocycles. The first-order chi connectivity index (χ1) is 14.0. The first-order valence-corrected chi connectivity index (χ1v) is 9.08. The number of hydrogen-bond acceptors (Lipinski definition) is 6. The largest absolute Gasteiger partial charge is 0.457 e. The molecule has 7 heteroatoms. The minimum atomic E-state index is -0.398. The lowest BCUT2D eigenvalue weighted by atomic mass is 10.1. The molecule has 1 heterocycles. The molecule has 0 fully saturated rings. The summed E-state index contributed by atoms with van der Waals surface area (Å²) in [4.78, 5) is 34.6. The van der Waals surface area contributed by atoms with Crippen LogP contribution in [0.3, 0.4) is 0 Å². The summed E-state index contributed by atoms with van der Waals surface area (Å²) < 4.78 is 4.83. The second-order valence-corrected chi connectivity index (χ2v) is 6.97. The standard InChI is InChI=1S/C9H9NO2.C7H7NO.C7H12O2/c1-8(7-10(11)12)9-5-3-2-4-6-9;1-6(9)7-4-2-3-5-8-7;1-5-6(8)9-7(2,3)4/h2-6H,1,7H2;2-5H,1H3;5H,1H2,2-4H3. The van der Waals surface area contributed by atoms with Gasteiger partial charge in [0.05, 0.1) is 0 Å². The fourth-order valence-corrected chi connectivity index (χ4v) is 1.84. The summed E-state index contributed by atoms with van der Waals surface area (Å²) in [5.74, 6) is -0.363. The van der Waals surface area contributed by atoms with Crippen LogP contribution in [0.4, 0.5) is 0 Å². The van der Waals surface area contributed by atoms with Crippen LogP contribution in [-0.4, -0.2) is 33.8 Å². The second-order valence-electron chi connectivity index (χ2n) is 6.97. The zero-order valence-electron chi connectivity index (χ0n) is 17.8. The van der Waals surface area contributed by atoms with Crippen LogP contribution in [0.5, 0.6) is 0 Å². The number of ether oxygens (including phenoxy) is 1. The zero-order chi connectivity index (χ0) is 23.2. The van der Waals surface area contributed by atoms with Gasteiger partial charge >= 0.3 is 5.97 Å². The number of aromatic nitrogens is 1. The number of Topliss-reactive ketones (excluding diaryl/α,β-unsaturated/α-hetero) is 1. The first-order valence-electron chi connectivity index (χ1n) is 9.08. The number of carbonyl (C=O) groups is 2. The van der Waals surface area contributed by atoms with E-state index in [1.807, 2.05) is 51.1 Å². The third-order valence-corrected chi connectivity index (χ3v) is 3.10. The fraction of sp³-hybridized carbons (Fsp3) is 0.261. The number of nitrogens with zero attached hydrogens (tertiary/aromatic N) is 2. The zero-order valence-corrected chi connectivity index (χ0v) is 17.8. The Balaban J connectivity index is 0.000000428. The molecule has 0 saturated carbocycles. The van der Waals surface area contributed by atoms with E-state index in [9.17, 15) is 19.7 Å². The SMILES string of the molecule is C=C(C[N+](=O)[O-])c1ccccc1.C=CC(=O)OC(C)(C)C.CC(=O)c1ccccn1. The Morgan fingerprint density at radius 3 is 2.03 bits per heavy atom. The Hall–Kier alpha value is -3.61. The number of carbonyl (C=O) groups excluding carboxylic acids is 2. The molecule has 7 nitrogen and oxygen atoms in total. The molecule has 0 saturated heterocycles. The summed E-state index contributed by atoms with van der Waals surface area (Å²) >= 11 is 0. The summed E-state index contributed by atoms with van der Waals surface area (Å²) in [5.41, 5.74) is 1.50. The van der Waals surface area contributed by atoms with Crippen molar-refractivity contribution >= 4 is 17.3 Å². The third-order valence-electron chi connectivity index (χ3n) is 3.10. The Kier molecular flexibility index (Phi) is 11.9. The van der Waals surface area contributed by atoms with E-state index in [1.54, 1.807) is 24.4 Å². The Morgan fingerprint density at radius 2 is 1.70 bits per heavy atom. The van der Waals surface area contributed by atoms with E-state index < -0.39 is 5.60 Å². The topological polar surface area (TPSA) is 99.4 Å². The van der Waals surface area contributed by atoms with E-state index in [-0.39, 0.29) is 23.2 Å². The van der Waals surface area contributed by atoms with Crippen molar-refractivity contribution in [3.05, 3.63) is 95.3 Å². The van der Waals surface area contributed by atoms with E-state index in [1.165, 1.54) is 6.92 Å². The summed E-state index contributed by atoms with van der Waals surface area (Å²) in [7, 11) is 0. The van der Waals surface area contributed by atoms with Crippen LogP contribution in [0.1, 0.15) is 43.7 Å². The maximum absolute atomic E-state index is 10.6. The molecular weight excluding hydrogens is 384 g/mol. The molecule has 1 aromatic heterocycles. The molecule has 0 aliphatic heterocycles. The van der Waals surface area contributed by atoms with Gasteiger partial charge in [-0.25, -0.2) is 4.79 Å². The van der Waals surface area contributed by atoms with Gasteiger partial charge in [0.2, 0.25) is 6.54 Å². The third kappa shape index (κ3) is 13.5. The molecule has 0 unspecified atom stereocenters. The van der Waals surface area contributed by atoms with Gasteiger partial charge in [0, 0.05) is 29.7 Å². The normalized spacial score (nSPS) is 9.60. The highest BCUT2D eigenvalue weighted by atomic mass is 16.6. The van der Waals surface area contributed by atoms with E-state index in [0.717, 1.165) is 11.6 Å². The Labute approximate surface area is 177 Å². The van der Waals surface area contributed by atoms with E-state index in [2.05, 4.69) is 18.1 Å². The van der Waals surface area contributed by atoms with Crippen LogP contribution in [0, 0.1) is 10.1 Å². The number of nitro groups is 1. The van der Waals surface area contributed by atoms with Gasteiger partial charge in [0.1, 0.15) is 11.3 Å². The molecular formula is C23H28N2O5. The average Bonchev–Trinajstić information content (AvgIpc) is 2.68. The average molecular weight is 412 g/mol. The van der Waals surface area contributed by atoms with Crippen LogP contribution in [0.2, 0.25) is 0 Å². The van der Waals surface area contributed by atoms with Gasteiger partial charge in [-0.3, -0.25) is 19.9 Å². The van der Waals surface area contributed by atoms with Gasteiger partial charge in [0.25, 0.3) is 0 Å². The highest BCUT2D eigenvalue weighted by Gasteiger charge is 2.12. The van der Waals surface area contributed by atoms with E-state index in [4.69, 9.17) is 4.74 Å². The van der Waals surface area contributed by atoms with Crippen LogP contribution in [-0.2, 0) is 9.53 Å². The molecule has 0 spiro atoms. The summed E-state index contributed by atoms with van der Waals surface area (Å²) in [6.07, 6.45) is 2.77. The summed E-state index contributed by atoms with van der Waals surface area (Å²) in [6.45, 7) is 13.6. The van der Waals surface area contributed by atoms with Gasteiger partial charge in [0.15, 0.2) is 5.78 Å². The van der Waals surface area contributed by atoms with Crippen molar-refractivity contribution in [3.8, 4) is 0 Å². The molecule has 2 aromatic rings. The van der Waals surface area contributed by atoms with Crippen molar-refractivity contribution in [2.24, 2.45) is 0 Å². The second kappa shape index (κ2) is 13.5. The van der Waals surface area contributed by atoms with Gasteiger partial charge in [-0.2, -0.15) is 0 Å². The Morgan fingerprint density at radius 1 is 1.13 bits per heavy atom. The van der Waals surface area contributed by atoms with Gasteiger partial charge < -0.3 is 4.74 Å². The van der Waals surface area contributed by atoms with Gasteiger partial charge in [-0.15, -0.1) is 0 Å². The number of hydrogen-bond donors (Lipinski definition) is 0. The molecule has 0 bridgehead atoms. The van der Waals surface area contributed by atoms with Crippen LogP contribution >= 0.6 is 0 Å². The van der Waals surface area contributed by atoms with Crippen LogP contribution in [0.25, 0.3) is 5.57 Å². The van der Waals surface area contributed by atoms with Crippen molar-refractivity contribution in [2.45, 2.75) is 33.3 Å². The lowest BCUT2D eigenvalue weighted by Crippen LogP contribution is -2.22. The predicted molar refractivity (Wildman–Crippen MR) is 118 cm³/mol. The van der Waals surface area contributed by atoms with E-state index in [0.29, 0.717) is 11.3 Å². The van der Waals surface area contributed by atoms with Crippen molar-refractivity contribution in [1.29, 1.82) is 0 Å². The molecule has 30 heavy (non-hydrogen) atoms. The first kappa shape index (κ1) is 26.4. The minimum absolute atomic E-state index is 0.00981. The maximum Gasteiger partial charge on any atom is 0.330 e. The molecule has 0 N–H and O–H groups in total. The maximum atomic E-state index is 10.6. The predicted octanol–water partition coefficient (Wildman–Crippen LogP) is 4.77. The number of rotatable bonds is 5. The highest BCUT2D eigenvalue weighted by molar-refractivity contribution is 5.91. The molecule has 160 valence electrons. The number of pyridine rings is 1. The lowest BCUT2D eigenvalue weighted by molar-refractivity contribution is -0.465. The number of benzene rings is 1. The van der Waals surface area contributed by atoms with Crippen LogP contribution in [0.15, 0.2) is 74.0 Å². The lowest BCUT2D eigenvalue weighted by Gasteiger charge is -2.17. The molecule has 0 amide bonds. The van der Waals surface area contributed by atoms with Gasteiger partial charge in [-0.1, -0.05) is 49.6 Å². The molecule has 0 aliphatic rings. The monoisotopic (exact) mass is 412 g/mol. The van der Waals surface area contributed by atoms with Crippen molar-refractivity contribution in [1.82, 2.24) is 4.98 Å². The number of ketones is 1. The number of esters is 1. The molecule has 0 atom stereocenters.